The van der Waals surface area contributed by atoms with Crippen molar-refractivity contribution in [3.8, 4) is 17.2 Å². The van der Waals surface area contributed by atoms with Gasteiger partial charge in [-0.15, -0.1) is 0 Å². The Hall–Kier alpha value is -5.03. The van der Waals surface area contributed by atoms with Gasteiger partial charge in [0.05, 0.1) is 24.3 Å². The lowest BCUT2D eigenvalue weighted by molar-refractivity contribution is -0.133. The molecule has 4 aromatic rings. The van der Waals surface area contributed by atoms with Crippen LogP contribution in [0.2, 0.25) is 0 Å². The summed E-state index contributed by atoms with van der Waals surface area (Å²) in [6.07, 6.45) is 1.74. The van der Waals surface area contributed by atoms with Gasteiger partial charge >= 0.3 is 0 Å². The first-order valence-electron chi connectivity index (χ1n) is 13.3. The molecule has 3 N–H and O–H groups in total. The Bertz CT molecular complexity index is 1700. The second-order valence-corrected chi connectivity index (χ2v) is 10.4. The maximum Gasteiger partial charge on any atom is 0.257 e. The third-order valence-electron chi connectivity index (χ3n) is 7.64. The number of carbonyl (C=O) groups excluding carboxylic acids is 3. The summed E-state index contributed by atoms with van der Waals surface area (Å²) in [5.74, 6) is -0.666. The third-order valence-corrected chi connectivity index (χ3v) is 7.64. The average molecular weight is 571 g/mol. The van der Waals surface area contributed by atoms with Crippen molar-refractivity contribution in [1.82, 2.24) is 9.88 Å². The van der Waals surface area contributed by atoms with Crippen LogP contribution in [0.5, 0.6) is 17.2 Å². The van der Waals surface area contributed by atoms with Crippen LogP contribution in [0.25, 0.3) is 10.9 Å². The first kappa shape index (κ1) is 27.2. The average Bonchev–Trinajstić information content (AvgIpc) is 3.79. The summed E-state index contributed by atoms with van der Waals surface area (Å²) in [6, 6.07) is 17.0. The molecule has 3 amide bonds. The summed E-state index contributed by atoms with van der Waals surface area (Å²) >= 11 is 0. The molecule has 1 saturated heterocycles. The number of amides is 3. The minimum Gasteiger partial charge on any atom is -0.496 e. The second-order valence-electron chi connectivity index (χ2n) is 10.4. The SMILES string of the molecule is COc1cc2nccc(Oc3ccc(N(C(=O)C4(C(N)=O)CC4)c4ccc(F)cc4)cc3)c2cc1C(=O)N1CC(O)C1. The Morgan fingerprint density at radius 3 is 2.21 bits per heavy atom. The molecule has 1 aliphatic carbocycles. The van der Waals surface area contributed by atoms with E-state index in [1.165, 1.54) is 41.2 Å². The largest absolute Gasteiger partial charge is 0.496 e. The zero-order valence-electron chi connectivity index (χ0n) is 22.6. The topological polar surface area (TPSA) is 135 Å². The predicted octanol–water partition coefficient (Wildman–Crippen LogP) is 3.92. The van der Waals surface area contributed by atoms with Crippen LogP contribution >= 0.6 is 0 Å². The highest BCUT2D eigenvalue weighted by atomic mass is 19.1. The minimum atomic E-state index is -1.29. The van der Waals surface area contributed by atoms with Gasteiger partial charge in [-0.05, 0) is 73.5 Å². The van der Waals surface area contributed by atoms with E-state index in [-0.39, 0.29) is 19.0 Å². The summed E-state index contributed by atoms with van der Waals surface area (Å²) in [7, 11) is 1.47. The highest BCUT2D eigenvalue weighted by Gasteiger charge is 2.57. The van der Waals surface area contributed by atoms with E-state index >= 15 is 0 Å². The Kier molecular flexibility index (Phi) is 6.74. The maximum absolute atomic E-state index is 13.7. The lowest BCUT2D eigenvalue weighted by Crippen LogP contribution is -2.53. The summed E-state index contributed by atoms with van der Waals surface area (Å²) in [5, 5.41) is 10.2. The maximum atomic E-state index is 13.7. The molecule has 0 unspecified atom stereocenters. The van der Waals surface area contributed by atoms with Gasteiger partial charge in [0.1, 0.15) is 28.5 Å². The number of ether oxygens (including phenoxy) is 2. The quantitative estimate of drug-likeness (QED) is 0.307. The van der Waals surface area contributed by atoms with Crippen molar-refractivity contribution in [1.29, 1.82) is 0 Å². The fraction of sp³-hybridized carbons (Fsp3) is 0.226. The molecule has 2 fully saturated rings. The Balaban J connectivity index is 1.32. The smallest absolute Gasteiger partial charge is 0.257 e. The van der Waals surface area contributed by atoms with Crippen molar-refractivity contribution in [2.75, 3.05) is 25.1 Å². The van der Waals surface area contributed by atoms with Crippen molar-refractivity contribution in [2.45, 2.75) is 18.9 Å². The summed E-state index contributed by atoms with van der Waals surface area (Å²) in [4.78, 5) is 46.0. The fourth-order valence-corrected chi connectivity index (χ4v) is 5.03. The van der Waals surface area contributed by atoms with E-state index in [0.717, 1.165) is 0 Å². The van der Waals surface area contributed by atoms with Crippen LogP contribution in [-0.4, -0.2) is 59.0 Å². The number of carbonyl (C=O) groups is 3. The van der Waals surface area contributed by atoms with Crippen molar-refractivity contribution >= 4 is 40.0 Å². The number of methoxy groups -OCH3 is 1. The van der Waals surface area contributed by atoms with Crippen LogP contribution in [-0.2, 0) is 9.59 Å². The van der Waals surface area contributed by atoms with E-state index in [4.69, 9.17) is 15.2 Å². The summed E-state index contributed by atoms with van der Waals surface area (Å²) in [6.45, 7) is 0.502. The monoisotopic (exact) mass is 570 g/mol. The zero-order valence-corrected chi connectivity index (χ0v) is 22.6. The van der Waals surface area contributed by atoms with Gasteiger partial charge in [-0.1, -0.05) is 0 Å². The first-order chi connectivity index (χ1) is 20.2. The lowest BCUT2D eigenvalue weighted by atomic mass is 10.0. The number of hydrogen-bond donors (Lipinski definition) is 2. The number of halogens is 1. The number of aliphatic hydroxyl groups is 1. The van der Waals surface area contributed by atoms with E-state index in [1.807, 2.05) is 0 Å². The zero-order chi connectivity index (χ0) is 29.6. The number of nitrogens with two attached hydrogens (primary N) is 1. The molecule has 10 nitrogen and oxygen atoms in total. The van der Waals surface area contributed by atoms with E-state index in [1.54, 1.807) is 48.7 Å². The third kappa shape index (κ3) is 4.77. The molecule has 0 atom stereocenters. The van der Waals surface area contributed by atoms with E-state index in [9.17, 15) is 23.9 Å². The molecule has 2 heterocycles. The Morgan fingerprint density at radius 2 is 1.64 bits per heavy atom. The molecule has 1 saturated carbocycles. The molecule has 0 spiro atoms. The van der Waals surface area contributed by atoms with Gasteiger partial charge in [0.25, 0.3) is 5.91 Å². The van der Waals surface area contributed by atoms with Gasteiger partial charge in [-0.25, -0.2) is 4.39 Å². The Morgan fingerprint density at radius 1 is 1.00 bits per heavy atom. The standard InChI is InChI=1S/C31H27FN4O6/c1-41-27-15-25-23(14-24(27)28(38)35-16-21(37)17-35)26(10-13-34-25)42-22-8-6-20(7-9-22)36(19-4-2-18(32)3-5-19)30(40)31(11-12-31)29(33)39/h2-10,13-15,21,37H,11-12,16-17H2,1H3,(H2,33,39). The number of rotatable bonds is 8. The number of benzene rings is 3. The van der Waals surface area contributed by atoms with Crippen LogP contribution in [0.15, 0.2) is 72.9 Å². The van der Waals surface area contributed by atoms with Gasteiger partial charge in [0.2, 0.25) is 11.8 Å². The fourth-order valence-electron chi connectivity index (χ4n) is 5.03. The molecule has 42 heavy (non-hydrogen) atoms. The van der Waals surface area contributed by atoms with E-state index in [0.29, 0.717) is 57.9 Å². The van der Waals surface area contributed by atoms with Crippen molar-refractivity contribution in [3.05, 3.63) is 84.3 Å². The van der Waals surface area contributed by atoms with E-state index in [2.05, 4.69) is 4.98 Å². The molecule has 0 bridgehead atoms. The first-order valence-corrected chi connectivity index (χ1v) is 13.3. The highest BCUT2D eigenvalue weighted by molar-refractivity contribution is 6.16. The van der Waals surface area contributed by atoms with Crippen LogP contribution in [0.4, 0.5) is 15.8 Å². The highest BCUT2D eigenvalue weighted by Crippen LogP contribution is 2.49. The molecular formula is C31H27FN4O6. The summed E-state index contributed by atoms with van der Waals surface area (Å²) < 4.78 is 25.3. The summed E-state index contributed by atoms with van der Waals surface area (Å²) in [5.41, 5.74) is 6.00. The number of pyridine rings is 1. The minimum absolute atomic E-state index is 0.251. The number of nitrogens with zero attached hydrogens (tertiary/aromatic N) is 3. The van der Waals surface area contributed by atoms with Crippen molar-refractivity contribution in [2.24, 2.45) is 11.1 Å². The van der Waals surface area contributed by atoms with Gasteiger partial charge in [0.15, 0.2) is 0 Å². The predicted molar refractivity (Wildman–Crippen MR) is 151 cm³/mol. The van der Waals surface area contributed by atoms with Gasteiger partial charge < -0.3 is 25.2 Å². The number of β-amino-alcohol motifs (C(OH)–C–C–N with tert-alkyl or cyclic N) is 1. The molecule has 2 aliphatic rings. The number of fused-ring (bicyclic) bond motifs is 1. The van der Waals surface area contributed by atoms with Crippen molar-refractivity contribution in [3.63, 3.8) is 0 Å². The Labute approximate surface area is 240 Å². The van der Waals surface area contributed by atoms with Gasteiger partial charge in [0, 0.05) is 42.1 Å². The van der Waals surface area contributed by atoms with Crippen LogP contribution in [0.3, 0.4) is 0 Å². The van der Waals surface area contributed by atoms with Crippen LogP contribution in [0, 0.1) is 11.2 Å². The number of likely N-dealkylation sites (tertiary alicyclic amines) is 1. The number of aliphatic hydroxyl groups excluding tert-OH is 1. The normalized spacial score (nSPS) is 15.5. The molecule has 214 valence electrons. The van der Waals surface area contributed by atoms with E-state index < -0.39 is 29.2 Å². The molecule has 6 rings (SSSR count). The molecular weight excluding hydrogens is 543 g/mol. The number of aromatic nitrogens is 1. The molecule has 11 heteroatoms. The van der Waals surface area contributed by atoms with Crippen LogP contribution in [0.1, 0.15) is 23.2 Å². The molecule has 0 radical (unpaired) electrons. The lowest BCUT2D eigenvalue weighted by Gasteiger charge is -2.36. The number of anilines is 2. The number of hydrogen-bond acceptors (Lipinski definition) is 7. The van der Waals surface area contributed by atoms with Crippen LogP contribution < -0.4 is 20.1 Å². The molecule has 3 aromatic carbocycles. The van der Waals surface area contributed by atoms with Gasteiger partial charge in [-0.2, -0.15) is 0 Å². The van der Waals surface area contributed by atoms with Gasteiger partial charge in [-0.3, -0.25) is 24.3 Å². The molecule has 1 aliphatic heterocycles. The number of primary amides is 1. The molecule has 1 aromatic heterocycles. The van der Waals surface area contributed by atoms with Crippen molar-refractivity contribution < 1.29 is 33.4 Å². The second kappa shape index (κ2) is 10.4.